The van der Waals surface area contributed by atoms with Gasteiger partial charge in [-0.05, 0) is 61.1 Å². The van der Waals surface area contributed by atoms with E-state index in [4.69, 9.17) is 12.2 Å². The Morgan fingerprint density at radius 3 is 2.23 bits per heavy atom. The third-order valence-electron chi connectivity index (χ3n) is 3.06. The van der Waals surface area contributed by atoms with Crippen molar-refractivity contribution in [2.45, 2.75) is 6.92 Å². The summed E-state index contributed by atoms with van der Waals surface area (Å²) < 4.78 is 13.5. The molecule has 22 heavy (non-hydrogen) atoms. The molecule has 0 heterocycles. The van der Waals surface area contributed by atoms with Crippen molar-refractivity contribution in [2.24, 2.45) is 0 Å². The summed E-state index contributed by atoms with van der Waals surface area (Å²) in [5.41, 5.74) is 2.45. The zero-order chi connectivity index (χ0) is 16.1. The molecule has 0 radical (unpaired) electrons. The van der Waals surface area contributed by atoms with Crippen molar-refractivity contribution in [1.29, 1.82) is 0 Å². The number of halogens is 1. The number of thiocarbonyl (C=S) groups is 1. The summed E-state index contributed by atoms with van der Waals surface area (Å²) in [5, 5.41) is 8.78. The summed E-state index contributed by atoms with van der Waals surface area (Å²) >= 11 is 5.18. The Bertz CT molecular complexity index is 701. The lowest BCUT2D eigenvalue weighted by molar-refractivity contribution is 0.0963. The Labute approximate surface area is 133 Å². The fourth-order valence-electron chi connectivity index (χ4n) is 1.81. The van der Waals surface area contributed by atoms with E-state index in [1.165, 1.54) is 6.07 Å². The van der Waals surface area contributed by atoms with Crippen molar-refractivity contribution in [3.63, 3.8) is 0 Å². The molecule has 0 fully saturated rings. The average molecular weight is 317 g/mol. The van der Waals surface area contributed by atoms with Crippen molar-refractivity contribution < 1.29 is 9.18 Å². The molecular formula is C16H16FN3OS. The van der Waals surface area contributed by atoms with Crippen LogP contribution in [0.15, 0.2) is 42.5 Å². The number of carbonyl (C=O) groups is 1. The lowest BCUT2D eigenvalue weighted by Crippen LogP contribution is -2.20. The molecule has 2 aromatic rings. The predicted molar refractivity (Wildman–Crippen MR) is 90.8 cm³/mol. The van der Waals surface area contributed by atoms with Crippen LogP contribution in [0.2, 0.25) is 0 Å². The molecule has 4 nitrogen and oxygen atoms in total. The van der Waals surface area contributed by atoms with E-state index in [0.717, 1.165) is 5.69 Å². The molecule has 1 amide bonds. The van der Waals surface area contributed by atoms with E-state index in [2.05, 4.69) is 16.0 Å². The molecule has 0 saturated heterocycles. The lowest BCUT2D eigenvalue weighted by atomic mass is 10.2. The van der Waals surface area contributed by atoms with Crippen LogP contribution in [0.5, 0.6) is 0 Å². The second-order valence-corrected chi connectivity index (χ2v) is 5.11. The van der Waals surface area contributed by atoms with Crippen LogP contribution in [0.25, 0.3) is 0 Å². The third-order valence-corrected chi connectivity index (χ3v) is 3.27. The van der Waals surface area contributed by atoms with Crippen LogP contribution in [0.1, 0.15) is 15.9 Å². The maximum atomic E-state index is 13.5. The monoisotopic (exact) mass is 317 g/mol. The topological polar surface area (TPSA) is 53.2 Å². The van der Waals surface area contributed by atoms with Gasteiger partial charge in [-0.1, -0.05) is 6.07 Å². The van der Waals surface area contributed by atoms with Crippen LogP contribution < -0.4 is 16.0 Å². The molecule has 0 unspecified atom stereocenters. The van der Waals surface area contributed by atoms with Crippen LogP contribution >= 0.6 is 12.2 Å². The molecular weight excluding hydrogens is 301 g/mol. The van der Waals surface area contributed by atoms with E-state index in [-0.39, 0.29) is 11.7 Å². The maximum Gasteiger partial charge on any atom is 0.251 e. The molecule has 6 heteroatoms. The largest absolute Gasteiger partial charge is 0.355 e. The highest BCUT2D eigenvalue weighted by molar-refractivity contribution is 7.80. The number of amides is 1. The van der Waals surface area contributed by atoms with Crippen molar-refractivity contribution in [2.75, 3.05) is 17.7 Å². The minimum Gasteiger partial charge on any atom is -0.355 e. The van der Waals surface area contributed by atoms with Gasteiger partial charge in [0.1, 0.15) is 5.82 Å². The first-order chi connectivity index (χ1) is 10.5. The van der Waals surface area contributed by atoms with Gasteiger partial charge in [0.2, 0.25) is 0 Å². The van der Waals surface area contributed by atoms with Gasteiger partial charge in [-0.3, -0.25) is 4.79 Å². The number of hydrogen-bond acceptors (Lipinski definition) is 2. The van der Waals surface area contributed by atoms with E-state index in [0.29, 0.717) is 21.9 Å². The van der Waals surface area contributed by atoms with Crippen molar-refractivity contribution in [1.82, 2.24) is 5.32 Å². The van der Waals surface area contributed by atoms with E-state index in [1.807, 2.05) is 0 Å². The fourth-order valence-corrected chi connectivity index (χ4v) is 2.05. The van der Waals surface area contributed by atoms with Crippen LogP contribution in [0.4, 0.5) is 15.8 Å². The highest BCUT2D eigenvalue weighted by Gasteiger charge is 2.04. The second kappa shape index (κ2) is 7.00. The maximum absolute atomic E-state index is 13.5. The van der Waals surface area contributed by atoms with E-state index < -0.39 is 0 Å². The minimum atomic E-state index is -0.289. The summed E-state index contributed by atoms with van der Waals surface area (Å²) in [6.45, 7) is 1.70. The third kappa shape index (κ3) is 4.02. The zero-order valence-electron chi connectivity index (χ0n) is 12.2. The average Bonchev–Trinajstić information content (AvgIpc) is 2.51. The number of aryl methyl sites for hydroxylation is 1. The van der Waals surface area contributed by atoms with Crippen molar-refractivity contribution >= 4 is 34.6 Å². The van der Waals surface area contributed by atoms with Crippen LogP contribution in [-0.2, 0) is 0 Å². The van der Waals surface area contributed by atoms with Gasteiger partial charge in [0.15, 0.2) is 5.11 Å². The molecule has 0 aliphatic carbocycles. The molecule has 3 N–H and O–H groups in total. The minimum absolute atomic E-state index is 0.151. The van der Waals surface area contributed by atoms with Gasteiger partial charge in [0, 0.05) is 24.0 Å². The van der Waals surface area contributed by atoms with Crippen LogP contribution in [0, 0.1) is 12.7 Å². The van der Waals surface area contributed by atoms with Gasteiger partial charge in [-0.15, -0.1) is 0 Å². The molecule has 0 aliphatic rings. The predicted octanol–water partition coefficient (Wildman–Crippen LogP) is 3.30. The van der Waals surface area contributed by atoms with Gasteiger partial charge in [0.05, 0.1) is 0 Å². The van der Waals surface area contributed by atoms with Gasteiger partial charge in [-0.25, -0.2) is 4.39 Å². The number of anilines is 2. The second-order valence-electron chi connectivity index (χ2n) is 4.70. The first-order valence-electron chi connectivity index (χ1n) is 6.66. The van der Waals surface area contributed by atoms with Crippen LogP contribution in [-0.4, -0.2) is 18.1 Å². The summed E-state index contributed by atoms with van der Waals surface area (Å²) in [6, 6.07) is 11.7. The zero-order valence-corrected chi connectivity index (χ0v) is 13.1. The van der Waals surface area contributed by atoms with E-state index >= 15 is 0 Å². The molecule has 114 valence electrons. The normalized spacial score (nSPS) is 9.95. The van der Waals surface area contributed by atoms with Crippen molar-refractivity contribution in [3.8, 4) is 0 Å². The summed E-state index contributed by atoms with van der Waals surface area (Å²) in [6.07, 6.45) is 0. The van der Waals surface area contributed by atoms with Gasteiger partial charge in [0.25, 0.3) is 5.91 Å². The summed E-state index contributed by atoms with van der Waals surface area (Å²) in [5.74, 6) is -0.440. The van der Waals surface area contributed by atoms with Crippen molar-refractivity contribution in [3.05, 3.63) is 59.4 Å². The standard InChI is InChI=1S/C16H16FN3OS/c1-10-3-6-13(9-14(10)17)20-16(22)19-12-7-4-11(5-8-12)15(21)18-2/h3-9H,1-2H3,(H,18,21)(H2,19,20,22). The highest BCUT2D eigenvalue weighted by atomic mass is 32.1. The molecule has 2 rings (SSSR count). The highest BCUT2D eigenvalue weighted by Crippen LogP contribution is 2.15. The molecule has 0 aliphatic heterocycles. The quantitative estimate of drug-likeness (QED) is 0.760. The van der Waals surface area contributed by atoms with Crippen LogP contribution in [0.3, 0.4) is 0 Å². The SMILES string of the molecule is CNC(=O)c1ccc(NC(=S)Nc2ccc(C)c(F)c2)cc1. The summed E-state index contributed by atoms with van der Waals surface area (Å²) in [4.78, 5) is 11.4. The molecule has 0 atom stereocenters. The van der Waals surface area contributed by atoms with E-state index in [9.17, 15) is 9.18 Å². The number of hydrogen-bond donors (Lipinski definition) is 3. The Morgan fingerprint density at radius 2 is 1.64 bits per heavy atom. The number of rotatable bonds is 3. The van der Waals surface area contributed by atoms with Gasteiger partial charge < -0.3 is 16.0 Å². The Balaban J connectivity index is 1.99. The molecule has 0 saturated carbocycles. The lowest BCUT2D eigenvalue weighted by Gasteiger charge is -2.11. The first kappa shape index (κ1) is 15.9. The summed E-state index contributed by atoms with van der Waals surface area (Å²) in [7, 11) is 1.58. The smallest absolute Gasteiger partial charge is 0.251 e. The number of carbonyl (C=O) groups excluding carboxylic acids is 1. The fraction of sp³-hybridized carbons (Fsp3) is 0.125. The number of benzene rings is 2. The number of nitrogens with one attached hydrogen (secondary N) is 3. The molecule has 0 spiro atoms. The van der Waals surface area contributed by atoms with E-state index in [1.54, 1.807) is 50.4 Å². The molecule has 0 bridgehead atoms. The Kier molecular flexibility index (Phi) is 5.06. The Morgan fingerprint density at radius 1 is 1.05 bits per heavy atom. The van der Waals surface area contributed by atoms with Gasteiger partial charge >= 0.3 is 0 Å². The first-order valence-corrected chi connectivity index (χ1v) is 7.06. The Hall–Kier alpha value is -2.47. The molecule has 2 aromatic carbocycles. The molecule has 0 aromatic heterocycles. The van der Waals surface area contributed by atoms with Gasteiger partial charge in [-0.2, -0.15) is 0 Å².